The number of hydrogen-bond acceptors (Lipinski definition) is 4. The van der Waals surface area contributed by atoms with Gasteiger partial charge in [0.1, 0.15) is 4.88 Å². The van der Waals surface area contributed by atoms with Crippen LogP contribution in [0.2, 0.25) is 0 Å². The number of rotatable bonds is 3. The molecule has 18 heavy (non-hydrogen) atoms. The molecular weight excluding hydrogens is 324 g/mol. The fourth-order valence-electron chi connectivity index (χ4n) is 1.43. The molecule has 0 saturated heterocycles. The molecule has 8 heteroatoms. The van der Waals surface area contributed by atoms with Crippen molar-refractivity contribution in [1.82, 2.24) is 9.55 Å². The van der Waals surface area contributed by atoms with Crippen LogP contribution < -0.4 is 11.2 Å². The van der Waals surface area contributed by atoms with Crippen molar-refractivity contribution in [1.29, 1.82) is 0 Å². The lowest BCUT2D eigenvalue weighted by Crippen LogP contribution is -2.30. The van der Waals surface area contributed by atoms with Crippen LogP contribution in [0.4, 0.5) is 0 Å². The van der Waals surface area contributed by atoms with Crippen LogP contribution in [0.25, 0.3) is 0 Å². The van der Waals surface area contributed by atoms with E-state index in [2.05, 4.69) is 20.9 Å². The molecule has 2 aromatic heterocycles. The van der Waals surface area contributed by atoms with E-state index in [4.69, 9.17) is 5.11 Å². The number of H-pyrrole nitrogens is 1. The summed E-state index contributed by atoms with van der Waals surface area (Å²) in [6.07, 6.45) is 1.34. The SMILES string of the molecule is O=C(O)c1sccc1Cn1cc(Br)c(=O)[nH]c1=O. The Balaban J connectivity index is 2.43. The van der Waals surface area contributed by atoms with Gasteiger partial charge in [0.05, 0.1) is 11.0 Å². The summed E-state index contributed by atoms with van der Waals surface area (Å²) >= 11 is 4.11. The predicted molar refractivity (Wildman–Crippen MR) is 69.4 cm³/mol. The number of carboxylic acid groups (broad SMARTS) is 1. The van der Waals surface area contributed by atoms with Crippen molar-refractivity contribution >= 4 is 33.2 Å². The van der Waals surface area contributed by atoms with E-state index in [-0.39, 0.29) is 15.9 Å². The van der Waals surface area contributed by atoms with E-state index in [1.165, 1.54) is 10.8 Å². The van der Waals surface area contributed by atoms with Crippen LogP contribution >= 0.6 is 27.3 Å². The minimum Gasteiger partial charge on any atom is -0.477 e. The van der Waals surface area contributed by atoms with Gasteiger partial charge >= 0.3 is 11.7 Å². The van der Waals surface area contributed by atoms with Gasteiger partial charge in [-0.15, -0.1) is 11.3 Å². The van der Waals surface area contributed by atoms with Gasteiger partial charge in [0.15, 0.2) is 0 Å². The zero-order valence-electron chi connectivity index (χ0n) is 8.84. The Labute approximate surface area is 113 Å². The second kappa shape index (κ2) is 4.91. The van der Waals surface area contributed by atoms with Crippen LogP contribution in [0, 0.1) is 0 Å². The number of carboxylic acids is 1. The van der Waals surface area contributed by atoms with Gasteiger partial charge < -0.3 is 5.11 Å². The van der Waals surface area contributed by atoms with Crippen LogP contribution in [-0.4, -0.2) is 20.6 Å². The molecule has 0 bridgehead atoms. The Hall–Kier alpha value is -1.67. The van der Waals surface area contributed by atoms with Crippen molar-refractivity contribution in [3.05, 3.63) is 53.4 Å². The van der Waals surface area contributed by atoms with Gasteiger partial charge in [-0.05, 0) is 32.9 Å². The van der Waals surface area contributed by atoms with E-state index >= 15 is 0 Å². The predicted octanol–water partition coefficient (Wildman–Crippen LogP) is 1.11. The van der Waals surface area contributed by atoms with Gasteiger partial charge in [0.25, 0.3) is 5.56 Å². The first-order chi connectivity index (χ1) is 8.49. The molecule has 0 aliphatic rings. The van der Waals surface area contributed by atoms with Gasteiger partial charge in [0.2, 0.25) is 0 Å². The second-order valence-corrected chi connectivity index (χ2v) is 5.21. The Morgan fingerprint density at radius 2 is 2.22 bits per heavy atom. The minimum atomic E-state index is -1.03. The summed E-state index contributed by atoms with van der Waals surface area (Å²) < 4.78 is 1.45. The molecule has 0 atom stereocenters. The molecule has 2 rings (SSSR count). The van der Waals surface area contributed by atoms with Crippen molar-refractivity contribution in [3.8, 4) is 0 Å². The summed E-state index contributed by atoms with van der Waals surface area (Å²) in [5.41, 5.74) is -0.570. The topological polar surface area (TPSA) is 92.2 Å². The molecule has 0 saturated carbocycles. The third kappa shape index (κ3) is 2.44. The highest BCUT2D eigenvalue weighted by Gasteiger charge is 2.13. The van der Waals surface area contributed by atoms with Crippen molar-refractivity contribution < 1.29 is 9.90 Å². The summed E-state index contributed by atoms with van der Waals surface area (Å²) in [6.45, 7) is 0.0966. The Morgan fingerprint density at radius 1 is 1.50 bits per heavy atom. The fraction of sp³-hybridized carbons (Fsp3) is 0.100. The molecule has 0 aliphatic carbocycles. The molecule has 0 amide bonds. The van der Waals surface area contributed by atoms with Gasteiger partial charge in [-0.3, -0.25) is 14.3 Å². The van der Waals surface area contributed by atoms with Gasteiger partial charge in [-0.1, -0.05) is 0 Å². The highest BCUT2D eigenvalue weighted by Crippen LogP contribution is 2.17. The number of aromatic amines is 1. The molecule has 0 fully saturated rings. The second-order valence-electron chi connectivity index (χ2n) is 3.44. The molecular formula is C10H7BrN2O4S. The van der Waals surface area contributed by atoms with Crippen molar-refractivity contribution in [2.45, 2.75) is 6.54 Å². The monoisotopic (exact) mass is 330 g/mol. The van der Waals surface area contributed by atoms with E-state index in [1.807, 2.05) is 0 Å². The maximum atomic E-state index is 11.5. The number of halogens is 1. The van der Waals surface area contributed by atoms with E-state index in [1.54, 1.807) is 11.4 Å². The maximum absolute atomic E-state index is 11.5. The van der Waals surface area contributed by atoms with Gasteiger partial charge in [-0.2, -0.15) is 0 Å². The number of thiophene rings is 1. The molecule has 94 valence electrons. The number of aromatic carboxylic acids is 1. The minimum absolute atomic E-state index is 0.0966. The Bertz CT molecular complexity index is 715. The molecule has 2 aromatic rings. The highest BCUT2D eigenvalue weighted by molar-refractivity contribution is 9.10. The lowest BCUT2D eigenvalue weighted by molar-refractivity contribution is 0.0701. The maximum Gasteiger partial charge on any atom is 0.346 e. The summed E-state index contributed by atoms with van der Waals surface area (Å²) in [6, 6.07) is 1.64. The molecule has 0 unspecified atom stereocenters. The molecule has 0 radical (unpaired) electrons. The van der Waals surface area contributed by atoms with E-state index in [0.29, 0.717) is 5.56 Å². The van der Waals surface area contributed by atoms with Gasteiger partial charge in [-0.25, -0.2) is 9.59 Å². The van der Waals surface area contributed by atoms with Gasteiger partial charge in [0, 0.05) is 6.20 Å². The lowest BCUT2D eigenvalue weighted by atomic mass is 10.2. The molecule has 0 spiro atoms. The average Bonchev–Trinajstić information content (AvgIpc) is 2.74. The highest BCUT2D eigenvalue weighted by atomic mass is 79.9. The first kappa shape index (κ1) is 12.8. The first-order valence-electron chi connectivity index (χ1n) is 4.78. The molecule has 2 heterocycles. The van der Waals surface area contributed by atoms with Crippen molar-refractivity contribution in [2.75, 3.05) is 0 Å². The summed E-state index contributed by atoms with van der Waals surface area (Å²) in [7, 11) is 0. The zero-order chi connectivity index (χ0) is 13.3. The van der Waals surface area contributed by atoms with E-state index in [9.17, 15) is 14.4 Å². The van der Waals surface area contributed by atoms with E-state index < -0.39 is 17.2 Å². The van der Waals surface area contributed by atoms with Crippen LogP contribution in [0.3, 0.4) is 0 Å². The standard InChI is InChI=1S/C10H7BrN2O4S/c11-6-4-13(10(17)12-8(6)14)3-5-1-2-18-7(5)9(15)16/h1-2,4H,3H2,(H,15,16)(H,12,14,17). The van der Waals surface area contributed by atoms with Crippen molar-refractivity contribution in [3.63, 3.8) is 0 Å². The quantitative estimate of drug-likeness (QED) is 0.881. The normalized spacial score (nSPS) is 10.5. The zero-order valence-corrected chi connectivity index (χ0v) is 11.2. The van der Waals surface area contributed by atoms with Crippen LogP contribution in [-0.2, 0) is 6.54 Å². The van der Waals surface area contributed by atoms with Crippen LogP contribution in [0.15, 0.2) is 31.7 Å². The average molecular weight is 331 g/mol. The number of aromatic nitrogens is 2. The number of nitrogens with one attached hydrogen (secondary N) is 1. The molecule has 0 aliphatic heterocycles. The Morgan fingerprint density at radius 3 is 2.89 bits per heavy atom. The molecule has 6 nitrogen and oxygen atoms in total. The summed E-state index contributed by atoms with van der Waals surface area (Å²) in [5.74, 6) is -1.03. The number of nitrogens with zero attached hydrogens (tertiary/aromatic N) is 1. The number of hydrogen-bond donors (Lipinski definition) is 2. The first-order valence-corrected chi connectivity index (χ1v) is 6.45. The smallest absolute Gasteiger partial charge is 0.346 e. The number of carbonyl (C=O) groups is 1. The summed E-state index contributed by atoms with van der Waals surface area (Å²) in [5, 5.41) is 10.6. The third-order valence-electron chi connectivity index (χ3n) is 2.25. The van der Waals surface area contributed by atoms with Crippen molar-refractivity contribution in [2.24, 2.45) is 0 Å². The lowest BCUT2D eigenvalue weighted by Gasteiger charge is -2.04. The van der Waals surface area contributed by atoms with Crippen LogP contribution in [0.5, 0.6) is 0 Å². The summed E-state index contributed by atoms with van der Waals surface area (Å²) in [4.78, 5) is 36.0. The largest absolute Gasteiger partial charge is 0.477 e. The molecule has 0 aromatic carbocycles. The Kier molecular flexibility index (Phi) is 3.48. The third-order valence-corrected chi connectivity index (χ3v) is 3.76. The van der Waals surface area contributed by atoms with Crippen LogP contribution in [0.1, 0.15) is 15.2 Å². The molecule has 2 N–H and O–H groups in total. The van der Waals surface area contributed by atoms with E-state index in [0.717, 1.165) is 11.3 Å². The fourth-order valence-corrected chi connectivity index (χ4v) is 2.53.